The Morgan fingerprint density at radius 3 is 2.25 bits per heavy atom. The Morgan fingerprint density at radius 2 is 2.08 bits per heavy atom. The van der Waals surface area contributed by atoms with Crippen LogP contribution < -0.4 is 5.73 Å². The zero-order valence-corrected chi connectivity index (χ0v) is 8.15. The lowest BCUT2D eigenvalue weighted by molar-refractivity contribution is 0.609. The van der Waals surface area contributed by atoms with Gasteiger partial charge in [-0.15, -0.1) is 0 Å². The van der Waals surface area contributed by atoms with Crippen LogP contribution in [0.1, 0.15) is 5.69 Å². The second-order valence-corrected chi connectivity index (χ2v) is 4.86. The Kier molecular flexibility index (Phi) is 2.05. The lowest BCUT2D eigenvalue weighted by Gasteiger charge is -1.94. The molecule has 2 N–H and O–H groups in total. The molecule has 1 heterocycles. The first-order valence-corrected chi connectivity index (χ1v) is 5.38. The van der Waals surface area contributed by atoms with Gasteiger partial charge in [0, 0.05) is 17.7 Å². The molecule has 0 saturated carbocycles. The van der Waals surface area contributed by atoms with Crippen molar-refractivity contribution in [1.29, 1.82) is 0 Å². The van der Waals surface area contributed by atoms with Crippen molar-refractivity contribution in [1.82, 2.24) is 9.78 Å². The Labute approximate surface area is 74.5 Å². The minimum atomic E-state index is -3.78. The van der Waals surface area contributed by atoms with Crippen LogP contribution in [0.25, 0.3) is 0 Å². The molecule has 0 aliphatic heterocycles. The summed E-state index contributed by atoms with van der Waals surface area (Å²) in [5, 5.41) is 3.81. The Bertz CT molecular complexity index is 409. The van der Waals surface area contributed by atoms with Gasteiger partial charge in [-0.2, -0.15) is 5.10 Å². The van der Waals surface area contributed by atoms with E-state index in [4.69, 9.17) is 16.4 Å². The standard InChI is InChI=1S/C5H8ClN3O2S/c1-3-4(12(6,10)11)5(7)9(2)8-3/h7H2,1-2H3. The number of aryl methyl sites for hydroxylation is 2. The van der Waals surface area contributed by atoms with E-state index in [1.807, 2.05) is 0 Å². The quantitative estimate of drug-likeness (QED) is 0.672. The first-order chi connectivity index (χ1) is 5.34. The van der Waals surface area contributed by atoms with Gasteiger partial charge < -0.3 is 5.73 Å². The first kappa shape index (κ1) is 9.34. The van der Waals surface area contributed by atoms with Crippen molar-refractivity contribution in [3.05, 3.63) is 5.69 Å². The monoisotopic (exact) mass is 209 g/mol. The molecule has 1 aromatic heterocycles. The number of hydrogen-bond donors (Lipinski definition) is 1. The third-order valence-corrected chi connectivity index (χ3v) is 2.91. The van der Waals surface area contributed by atoms with Gasteiger partial charge in [0.05, 0.1) is 5.69 Å². The van der Waals surface area contributed by atoms with Crippen LogP contribution in [0.3, 0.4) is 0 Å². The predicted octanol–water partition coefficient (Wildman–Crippen LogP) is 0.238. The van der Waals surface area contributed by atoms with Gasteiger partial charge >= 0.3 is 0 Å². The van der Waals surface area contributed by atoms with Crippen LogP contribution in [0.5, 0.6) is 0 Å². The van der Waals surface area contributed by atoms with Gasteiger partial charge in [0.15, 0.2) is 0 Å². The van der Waals surface area contributed by atoms with Crippen LogP contribution in [0, 0.1) is 6.92 Å². The number of nitrogens with zero attached hydrogens (tertiary/aromatic N) is 2. The topological polar surface area (TPSA) is 78.0 Å². The van der Waals surface area contributed by atoms with Crippen LogP contribution >= 0.6 is 10.7 Å². The summed E-state index contributed by atoms with van der Waals surface area (Å²) >= 11 is 0. The molecule has 0 atom stereocenters. The third kappa shape index (κ3) is 1.39. The van der Waals surface area contributed by atoms with Crippen LogP contribution in [0.15, 0.2) is 4.90 Å². The molecule has 0 aliphatic carbocycles. The molecule has 0 spiro atoms. The molecule has 0 radical (unpaired) electrons. The second kappa shape index (κ2) is 2.63. The van der Waals surface area contributed by atoms with E-state index in [0.29, 0.717) is 5.69 Å². The minimum Gasteiger partial charge on any atom is -0.383 e. The molecule has 0 bridgehead atoms. The van der Waals surface area contributed by atoms with Crippen molar-refractivity contribution in [3.63, 3.8) is 0 Å². The number of anilines is 1. The molecule has 1 rings (SSSR count). The molecule has 1 aromatic rings. The molecule has 0 aromatic carbocycles. The van der Waals surface area contributed by atoms with E-state index in [2.05, 4.69) is 5.10 Å². The summed E-state index contributed by atoms with van der Waals surface area (Å²) in [7, 11) is 2.89. The van der Waals surface area contributed by atoms with Gasteiger partial charge in [-0.1, -0.05) is 0 Å². The van der Waals surface area contributed by atoms with Crippen molar-refractivity contribution in [2.75, 3.05) is 5.73 Å². The minimum absolute atomic E-state index is 0.0579. The number of nitrogens with two attached hydrogens (primary N) is 1. The molecule has 0 fully saturated rings. The summed E-state index contributed by atoms with van der Waals surface area (Å²) in [5.41, 5.74) is 5.74. The Morgan fingerprint density at radius 1 is 1.58 bits per heavy atom. The zero-order valence-electron chi connectivity index (χ0n) is 6.57. The lowest BCUT2D eigenvalue weighted by Crippen LogP contribution is -2.01. The van der Waals surface area contributed by atoms with Crippen molar-refractivity contribution < 1.29 is 8.42 Å². The van der Waals surface area contributed by atoms with Crippen molar-refractivity contribution in [3.8, 4) is 0 Å². The number of hydrogen-bond acceptors (Lipinski definition) is 4. The molecule has 7 heteroatoms. The fraction of sp³-hybridized carbons (Fsp3) is 0.400. The maximum absolute atomic E-state index is 10.9. The van der Waals surface area contributed by atoms with E-state index >= 15 is 0 Å². The number of rotatable bonds is 1. The molecule has 0 aliphatic rings. The summed E-state index contributed by atoms with van der Waals surface area (Å²) in [6.07, 6.45) is 0. The van der Waals surface area contributed by atoms with Gasteiger partial charge in [-0.05, 0) is 6.92 Å². The normalized spacial score (nSPS) is 11.9. The molecule has 68 valence electrons. The smallest absolute Gasteiger partial charge is 0.266 e. The lowest BCUT2D eigenvalue weighted by atomic mass is 10.5. The van der Waals surface area contributed by atoms with Gasteiger partial charge in [-0.25, -0.2) is 8.42 Å². The van der Waals surface area contributed by atoms with Crippen LogP contribution in [0.2, 0.25) is 0 Å². The summed E-state index contributed by atoms with van der Waals surface area (Å²) in [6.45, 7) is 1.53. The van der Waals surface area contributed by atoms with Gasteiger partial charge in [0.25, 0.3) is 9.05 Å². The van der Waals surface area contributed by atoms with Gasteiger partial charge in [0.1, 0.15) is 10.7 Å². The van der Waals surface area contributed by atoms with Crippen molar-refractivity contribution in [2.45, 2.75) is 11.8 Å². The Hall–Kier alpha value is -0.750. The molecule has 0 unspecified atom stereocenters. The average molecular weight is 210 g/mol. The van der Waals surface area contributed by atoms with Crippen molar-refractivity contribution >= 4 is 25.6 Å². The highest BCUT2D eigenvalue weighted by molar-refractivity contribution is 8.13. The van der Waals surface area contributed by atoms with Crippen LogP contribution in [0.4, 0.5) is 5.82 Å². The van der Waals surface area contributed by atoms with Crippen LogP contribution in [-0.4, -0.2) is 18.2 Å². The molecule has 12 heavy (non-hydrogen) atoms. The van der Waals surface area contributed by atoms with Crippen molar-refractivity contribution in [2.24, 2.45) is 7.05 Å². The van der Waals surface area contributed by atoms with E-state index < -0.39 is 9.05 Å². The van der Waals surface area contributed by atoms with E-state index in [-0.39, 0.29) is 10.7 Å². The average Bonchev–Trinajstić information content (AvgIpc) is 2.05. The highest BCUT2D eigenvalue weighted by atomic mass is 35.7. The number of halogens is 1. The molecule has 5 nitrogen and oxygen atoms in total. The largest absolute Gasteiger partial charge is 0.383 e. The first-order valence-electron chi connectivity index (χ1n) is 3.07. The highest BCUT2D eigenvalue weighted by Crippen LogP contribution is 2.24. The maximum Gasteiger partial charge on any atom is 0.266 e. The third-order valence-electron chi connectivity index (χ3n) is 1.45. The maximum atomic E-state index is 10.9. The summed E-state index contributed by atoms with van der Waals surface area (Å²) in [6, 6.07) is 0. The zero-order chi connectivity index (χ0) is 9.52. The Balaban J connectivity index is 3.54. The second-order valence-electron chi connectivity index (χ2n) is 2.36. The molecule has 0 amide bonds. The fourth-order valence-corrected chi connectivity index (χ4v) is 2.31. The molecule has 0 saturated heterocycles. The summed E-state index contributed by atoms with van der Waals surface area (Å²) < 4.78 is 23.1. The van der Waals surface area contributed by atoms with E-state index in [0.717, 1.165) is 0 Å². The molecular weight excluding hydrogens is 202 g/mol. The molecular formula is C5H8ClN3O2S. The number of nitrogen functional groups attached to an aromatic ring is 1. The van der Waals surface area contributed by atoms with E-state index in [1.54, 1.807) is 7.05 Å². The SMILES string of the molecule is Cc1nn(C)c(N)c1S(=O)(=O)Cl. The van der Waals surface area contributed by atoms with E-state index in [9.17, 15) is 8.42 Å². The fourth-order valence-electron chi connectivity index (χ4n) is 0.958. The highest BCUT2D eigenvalue weighted by Gasteiger charge is 2.21. The van der Waals surface area contributed by atoms with Crippen LogP contribution in [-0.2, 0) is 16.1 Å². The van der Waals surface area contributed by atoms with Gasteiger partial charge in [-0.3, -0.25) is 4.68 Å². The predicted molar refractivity (Wildman–Crippen MR) is 45.4 cm³/mol. The number of aromatic nitrogens is 2. The van der Waals surface area contributed by atoms with E-state index in [1.165, 1.54) is 11.6 Å². The van der Waals surface area contributed by atoms with Gasteiger partial charge in [0.2, 0.25) is 0 Å². The summed E-state index contributed by atoms with van der Waals surface area (Å²) in [4.78, 5) is -0.105. The summed E-state index contributed by atoms with van der Waals surface area (Å²) in [5.74, 6) is 0.0579.